The number of carbonyl (C=O) groups is 1. The van der Waals surface area contributed by atoms with E-state index in [9.17, 15) is 4.79 Å². The van der Waals surface area contributed by atoms with Crippen molar-refractivity contribution in [2.24, 2.45) is 0 Å². The smallest absolute Gasteiger partial charge is 0.265 e. The van der Waals surface area contributed by atoms with Crippen molar-refractivity contribution in [1.82, 2.24) is 0 Å². The number of rotatable bonds is 4. The molecule has 2 rings (SSSR count). The molecule has 1 atom stereocenters. The van der Waals surface area contributed by atoms with Crippen LogP contribution in [0.15, 0.2) is 30.3 Å². The van der Waals surface area contributed by atoms with Gasteiger partial charge in [-0.15, -0.1) is 0 Å². The quantitative estimate of drug-likeness (QED) is 0.858. The topological polar surface area (TPSA) is 38.3 Å². The summed E-state index contributed by atoms with van der Waals surface area (Å²) in [5.74, 6) is 0.543. The maximum Gasteiger partial charge on any atom is 0.265 e. The average Bonchev–Trinajstić information content (AvgIpc) is 2.47. The molecular formula is C19H22ClNO2. The lowest BCUT2D eigenvalue weighted by Gasteiger charge is -2.18. The zero-order valence-corrected chi connectivity index (χ0v) is 14.9. The highest BCUT2D eigenvalue weighted by Crippen LogP contribution is 2.25. The Morgan fingerprint density at radius 1 is 1.09 bits per heavy atom. The minimum absolute atomic E-state index is 0.200. The summed E-state index contributed by atoms with van der Waals surface area (Å²) in [6, 6.07) is 9.46. The van der Waals surface area contributed by atoms with Gasteiger partial charge in [-0.25, -0.2) is 0 Å². The third-order valence-corrected chi connectivity index (χ3v) is 4.13. The van der Waals surface area contributed by atoms with E-state index < -0.39 is 6.10 Å². The Labute approximate surface area is 142 Å². The van der Waals surface area contributed by atoms with Crippen molar-refractivity contribution in [2.45, 2.75) is 40.7 Å². The maximum atomic E-state index is 12.4. The zero-order valence-electron chi connectivity index (χ0n) is 14.2. The molecule has 0 heterocycles. The predicted octanol–water partition coefficient (Wildman–Crippen LogP) is 4.98. The number of anilines is 1. The van der Waals surface area contributed by atoms with Gasteiger partial charge >= 0.3 is 0 Å². The van der Waals surface area contributed by atoms with Crippen molar-refractivity contribution in [3.8, 4) is 5.75 Å². The van der Waals surface area contributed by atoms with Crippen LogP contribution >= 0.6 is 11.6 Å². The fraction of sp³-hybridized carbons (Fsp3) is 0.316. The second-order valence-electron chi connectivity index (χ2n) is 5.91. The van der Waals surface area contributed by atoms with E-state index in [1.807, 2.05) is 39.8 Å². The first-order valence-corrected chi connectivity index (χ1v) is 7.97. The average molecular weight is 332 g/mol. The summed E-state index contributed by atoms with van der Waals surface area (Å²) >= 11 is 5.98. The molecule has 23 heavy (non-hydrogen) atoms. The standard InChI is InChI=1S/C19H22ClNO2/c1-11-8-13(3)14(4)18(9-11)23-15(5)19(22)21-17-10-16(20)7-6-12(17)2/h6-10,15H,1-5H3,(H,21,22). The molecule has 3 nitrogen and oxygen atoms in total. The third-order valence-electron chi connectivity index (χ3n) is 3.89. The van der Waals surface area contributed by atoms with Crippen LogP contribution in [0.4, 0.5) is 5.69 Å². The van der Waals surface area contributed by atoms with Crippen LogP contribution in [-0.4, -0.2) is 12.0 Å². The molecule has 0 aromatic heterocycles. The maximum absolute atomic E-state index is 12.4. The van der Waals surface area contributed by atoms with E-state index in [2.05, 4.69) is 11.4 Å². The van der Waals surface area contributed by atoms with Gasteiger partial charge in [0.1, 0.15) is 5.75 Å². The van der Waals surface area contributed by atoms with Gasteiger partial charge in [-0.2, -0.15) is 0 Å². The molecule has 2 aromatic rings. The highest BCUT2D eigenvalue weighted by Gasteiger charge is 2.17. The Hall–Kier alpha value is -2.00. The summed E-state index contributed by atoms with van der Waals surface area (Å²) in [6.07, 6.45) is -0.603. The van der Waals surface area contributed by atoms with E-state index in [-0.39, 0.29) is 5.91 Å². The molecule has 0 spiro atoms. The summed E-state index contributed by atoms with van der Waals surface area (Å²) in [5.41, 5.74) is 4.97. The van der Waals surface area contributed by atoms with Crippen molar-refractivity contribution in [2.75, 3.05) is 5.32 Å². The van der Waals surface area contributed by atoms with Crippen LogP contribution in [0.2, 0.25) is 5.02 Å². The minimum Gasteiger partial charge on any atom is -0.481 e. The molecule has 0 aliphatic heterocycles. The number of halogens is 1. The molecule has 1 unspecified atom stereocenters. The second kappa shape index (κ2) is 7.05. The molecule has 0 saturated carbocycles. The normalized spacial score (nSPS) is 11.9. The van der Waals surface area contributed by atoms with Gasteiger partial charge < -0.3 is 10.1 Å². The number of benzene rings is 2. The number of carbonyl (C=O) groups excluding carboxylic acids is 1. The van der Waals surface area contributed by atoms with Crippen molar-refractivity contribution in [1.29, 1.82) is 0 Å². The molecule has 0 fully saturated rings. The van der Waals surface area contributed by atoms with Crippen LogP contribution in [-0.2, 0) is 4.79 Å². The highest BCUT2D eigenvalue weighted by molar-refractivity contribution is 6.31. The molecule has 122 valence electrons. The van der Waals surface area contributed by atoms with Crippen LogP contribution in [0.3, 0.4) is 0 Å². The van der Waals surface area contributed by atoms with Gasteiger partial charge in [-0.05, 0) is 75.1 Å². The summed E-state index contributed by atoms with van der Waals surface area (Å²) in [5, 5.41) is 3.46. The summed E-state index contributed by atoms with van der Waals surface area (Å²) < 4.78 is 5.87. The van der Waals surface area contributed by atoms with Gasteiger partial charge in [0, 0.05) is 10.7 Å². The third kappa shape index (κ3) is 4.26. The van der Waals surface area contributed by atoms with Crippen molar-refractivity contribution in [3.63, 3.8) is 0 Å². The lowest BCUT2D eigenvalue weighted by atomic mass is 10.1. The Balaban J connectivity index is 2.13. The summed E-state index contributed by atoms with van der Waals surface area (Å²) in [6.45, 7) is 9.71. The van der Waals surface area contributed by atoms with Gasteiger partial charge in [0.15, 0.2) is 6.10 Å². The predicted molar refractivity (Wildman–Crippen MR) is 95.6 cm³/mol. The van der Waals surface area contributed by atoms with Crippen LogP contribution in [0.1, 0.15) is 29.2 Å². The lowest BCUT2D eigenvalue weighted by Crippen LogP contribution is -2.30. The van der Waals surface area contributed by atoms with E-state index in [0.717, 1.165) is 28.0 Å². The monoisotopic (exact) mass is 331 g/mol. The Bertz CT molecular complexity index is 740. The van der Waals surface area contributed by atoms with Gasteiger partial charge in [0.05, 0.1) is 0 Å². The van der Waals surface area contributed by atoms with Gasteiger partial charge in [-0.1, -0.05) is 23.7 Å². The van der Waals surface area contributed by atoms with E-state index in [4.69, 9.17) is 16.3 Å². The highest BCUT2D eigenvalue weighted by atomic mass is 35.5. The fourth-order valence-electron chi connectivity index (χ4n) is 2.33. The molecule has 0 bridgehead atoms. The number of aryl methyl sites for hydroxylation is 3. The fourth-order valence-corrected chi connectivity index (χ4v) is 2.50. The Morgan fingerprint density at radius 2 is 1.78 bits per heavy atom. The lowest BCUT2D eigenvalue weighted by molar-refractivity contribution is -0.122. The van der Waals surface area contributed by atoms with Crippen LogP contribution in [0, 0.1) is 27.7 Å². The first-order chi connectivity index (χ1) is 10.8. The van der Waals surface area contributed by atoms with Crippen molar-refractivity contribution in [3.05, 3.63) is 57.6 Å². The van der Waals surface area contributed by atoms with Crippen molar-refractivity contribution >= 4 is 23.2 Å². The molecule has 1 amide bonds. The number of nitrogens with one attached hydrogen (secondary N) is 1. The molecule has 0 aliphatic rings. The first kappa shape index (κ1) is 17.4. The number of hydrogen-bond donors (Lipinski definition) is 1. The van der Waals surface area contributed by atoms with Crippen LogP contribution in [0.25, 0.3) is 0 Å². The van der Waals surface area contributed by atoms with E-state index in [1.54, 1.807) is 19.1 Å². The Kier molecular flexibility index (Phi) is 5.32. The molecule has 4 heteroatoms. The molecule has 2 aromatic carbocycles. The van der Waals surface area contributed by atoms with Gasteiger partial charge in [0.2, 0.25) is 0 Å². The van der Waals surface area contributed by atoms with Gasteiger partial charge in [0.25, 0.3) is 5.91 Å². The second-order valence-corrected chi connectivity index (χ2v) is 6.35. The molecule has 1 N–H and O–H groups in total. The first-order valence-electron chi connectivity index (χ1n) is 7.59. The molecule has 0 radical (unpaired) electrons. The van der Waals surface area contributed by atoms with Gasteiger partial charge in [-0.3, -0.25) is 4.79 Å². The zero-order chi connectivity index (χ0) is 17.1. The summed E-state index contributed by atoms with van der Waals surface area (Å²) in [4.78, 5) is 12.4. The SMILES string of the molecule is Cc1cc(C)c(C)c(OC(C)C(=O)Nc2cc(Cl)ccc2C)c1. The molecular weight excluding hydrogens is 310 g/mol. The number of hydrogen-bond acceptors (Lipinski definition) is 2. The summed E-state index contributed by atoms with van der Waals surface area (Å²) in [7, 11) is 0. The Morgan fingerprint density at radius 3 is 2.48 bits per heavy atom. The number of amides is 1. The van der Waals surface area contributed by atoms with Crippen LogP contribution < -0.4 is 10.1 Å². The van der Waals surface area contributed by atoms with Crippen LogP contribution in [0.5, 0.6) is 5.75 Å². The van der Waals surface area contributed by atoms with E-state index in [1.165, 1.54) is 0 Å². The van der Waals surface area contributed by atoms with E-state index >= 15 is 0 Å². The van der Waals surface area contributed by atoms with E-state index in [0.29, 0.717) is 10.7 Å². The molecule has 0 saturated heterocycles. The van der Waals surface area contributed by atoms with Crippen molar-refractivity contribution < 1.29 is 9.53 Å². The largest absolute Gasteiger partial charge is 0.481 e. The minimum atomic E-state index is -0.603. The number of ether oxygens (including phenoxy) is 1. The molecule has 0 aliphatic carbocycles.